The largest absolute Gasteiger partial charge is 0.472 e. The number of nitrogens with one attached hydrogen (secondary N) is 1. The third kappa shape index (κ3) is 42.6. The van der Waals surface area contributed by atoms with Crippen LogP contribution in [0.5, 0.6) is 0 Å². The molecule has 0 radical (unpaired) electrons. The van der Waals surface area contributed by atoms with E-state index in [-0.39, 0.29) is 19.1 Å². The highest BCUT2D eigenvalue weighted by molar-refractivity contribution is 7.47. The molecule has 0 saturated carbocycles. The summed E-state index contributed by atoms with van der Waals surface area (Å²) in [5, 5.41) is 14.0. The number of phosphoric acid groups is 1. The van der Waals surface area contributed by atoms with Crippen molar-refractivity contribution >= 4 is 13.7 Å². The topological polar surface area (TPSA) is 105 Å². The highest BCUT2D eigenvalue weighted by Crippen LogP contribution is 2.43. The van der Waals surface area contributed by atoms with Crippen molar-refractivity contribution in [1.29, 1.82) is 0 Å². The first-order chi connectivity index (χ1) is 28.0. The van der Waals surface area contributed by atoms with Gasteiger partial charge in [0.15, 0.2) is 0 Å². The normalized spacial score (nSPS) is 14.7. The number of hydrogen-bond donors (Lipinski definition) is 3. The summed E-state index contributed by atoms with van der Waals surface area (Å²) in [5.41, 5.74) is 0. The third-order valence-electron chi connectivity index (χ3n) is 10.6. The molecule has 3 N–H and O–H groups in total. The van der Waals surface area contributed by atoms with Gasteiger partial charge in [-0.2, -0.15) is 0 Å². The fraction of sp³-hybridized carbons (Fsp3) is 0.816. The maximum Gasteiger partial charge on any atom is 0.472 e. The molecular weight excluding hydrogens is 744 g/mol. The van der Waals surface area contributed by atoms with Crippen molar-refractivity contribution < 1.29 is 32.9 Å². The Morgan fingerprint density at radius 3 is 1.52 bits per heavy atom. The van der Waals surface area contributed by atoms with Crippen LogP contribution in [0.25, 0.3) is 0 Å². The highest BCUT2D eigenvalue weighted by Gasteiger charge is 2.28. The average Bonchev–Trinajstić information content (AvgIpc) is 3.17. The van der Waals surface area contributed by atoms with Crippen LogP contribution in [0.1, 0.15) is 206 Å². The molecule has 0 aromatic carbocycles. The lowest BCUT2D eigenvalue weighted by atomic mass is 10.0. The Kier molecular flexibility index (Phi) is 39.8. The van der Waals surface area contributed by atoms with Gasteiger partial charge >= 0.3 is 7.82 Å². The SMILES string of the molecule is CC/C=C\C/C=C\C/C=C\C/C=C\CCCCCCCCCCC(=O)NC(COP(=O)(O)OCC[N+](C)(C)C)C(O)CCCCCCCCCCCCCCCCC. The lowest BCUT2D eigenvalue weighted by Gasteiger charge is -2.26. The number of amides is 1. The molecule has 0 aliphatic rings. The van der Waals surface area contributed by atoms with E-state index in [1.165, 1.54) is 109 Å². The fourth-order valence-electron chi connectivity index (χ4n) is 6.80. The van der Waals surface area contributed by atoms with Gasteiger partial charge in [-0.3, -0.25) is 13.8 Å². The minimum atomic E-state index is -4.32. The minimum Gasteiger partial charge on any atom is -0.391 e. The van der Waals surface area contributed by atoms with Crippen molar-refractivity contribution in [3.05, 3.63) is 48.6 Å². The van der Waals surface area contributed by atoms with Crippen molar-refractivity contribution in [3.63, 3.8) is 0 Å². The van der Waals surface area contributed by atoms with Gasteiger partial charge in [0, 0.05) is 6.42 Å². The van der Waals surface area contributed by atoms with Crippen molar-refractivity contribution in [3.8, 4) is 0 Å². The zero-order chi connectivity index (χ0) is 42.8. The molecule has 0 fully saturated rings. The van der Waals surface area contributed by atoms with Gasteiger partial charge in [-0.1, -0.05) is 197 Å². The van der Waals surface area contributed by atoms with E-state index in [1.807, 2.05) is 21.1 Å². The third-order valence-corrected chi connectivity index (χ3v) is 11.6. The number of hydrogen-bond acceptors (Lipinski definition) is 5. The minimum absolute atomic E-state index is 0.0714. The molecule has 3 atom stereocenters. The zero-order valence-electron chi connectivity index (χ0n) is 38.5. The van der Waals surface area contributed by atoms with E-state index in [1.54, 1.807) is 0 Å². The summed E-state index contributed by atoms with van der Waals surface area (Å²) >= 11 is 0. The molecule has 9 heteroatoms. The first kappa shape index (κ1) is 56.5. The molecular formula is C49H94N2O6P+. The van der Waals surface area contributed by atoms with Crippen molar-refractivity contribution in [2.45, 2.75) is 219 Å². The summed E-state index contributed by atoms with van der Waals surface area (Å²) in [6.45, 7) is 4.77. The number of carbonyl (C=O) groups excluding carboxylic acids is 1. The number of nitrogens with zero attached hydrogens (tertiary/aromatic N) is 1. The highest BCUT2D eigenvalue weighted by atomic mass is 31.2. The van der Waals surface area contributed by atoms with Crippen molar-refractivity contribution in [2.24, 2.45) is 0 Å². The first-order valence-corrected chi connectivity index (χ1v) is 25.5. The molecule has 340 valence electrons. The Balaban J connectivity index is 4.31. The van der Waals surface area contributed by atoms with Gasteiger partial charge in [-0.15, -0.1) is 0 Å². The summed E-state index contributed by atoms with van der Waals surface area (Å²) in [5.74, 6) is -0.154. The Bertz CT molecular complexity index is 1090. The van der Waals surface area contributed by atoms with Gasteiger partial charge in [0.25, 0.3) is 0 Å². The number of unbranched alkanes of at least 4 members (excludes halogenated alkanes) is 22. The summed E-state index contributed by atoms with van der Waals surface area (Å²) < 4.78 is 23.7. The molecule has 3 unspecified atom stereocenters. The number of carbonyl (C=O) groups is 1. The molecule has 0 aromatic heterocycles. The first-order valence-electron chi connectivity index (χ1n) is 24.0. The molecule has 0 aliphatic heterocycles. The molecule has 0 spiro atoms. The van der Waals surface area contributed by atoms with Crippen LogP contribution in [0.15, 0.2) is 48.6 Å². The van der Waals surface area contributed by atoms with Crippen LogP contribution in [0.3, 0.4) is 0 Å². The molecule has 0 rings (SSSR count). The smallest absolute Gasteiger partial charge is 0.391 e. The van der Waals surface area contributed by atoms with E-state index in [9.17, 15) is 19.4 Å². The van der Waals surface area contributed by atoms with Crippen molar-refractivity contribution in [1.82, 2.24) is 5.32 Å². The molecule has 0 bridgehead atoms. The second kappa shape index (κ2) is 40.8. The molecule has 58 heavy (non-hydrogen) atoms. The molecule has 0 heterocycles. The number of phosphoric ester groups is 1. The van der Waals surface area contributed by atoms with Crippen LogP contribution >= 0.6 is 7.82 Å². The van der Waals surface area contributed by atoms with Gasteiger partial charge < -0.3 is 19.8 Å². The molecule has 0 saturated heterocycles. The summed E-state index contributed by atoms with van der Waals surface area (Å²) in [6, 6.07) is -0.765. The lowest BCUT2D eigenvalue weighted by Crippen LogP contribution is -2.46. The van der Waals surface area contributed by atoms with Crippen LogP contribution < -0.4 is 5.32 Å². The predicted octanol–water partition coefficient (Wildman–Crippen LogP) is 13.6. The number of aliphatic hydroxyl groups is 1. The lowest BCUT2D eigenvalue weighted by molar-refractivity contribution is -0.870. The standard InChI is InChI=1S/C49H93N2O6P/c1-6-8-10-12-14-16-18-20-22-23-24-25-26-27-29-31-33-35-37-39-41-43-49(53)50-47(46-57-58(54,55)56-45-44-51(3,4)5)48(52)42-40-38-36-34-32-30-28-21-19-17-15-13-11-9-7-2/h8,10,14,16,20,22,24-25,47-48,52H,6-7,9,11-13,15,17-19,21,23,26-46H2,1-5H3,(H-,50,53,54,55)/p+1/b10-8-,16-14-,22-20-,25-24-. The number of rotatable bonds is 43. The summed E-state index contributed by atoms with van der Waals surface area (Å²) in [7, 11) is 1.61. The van der Waals surface area contributed by atoms with E-state index in [2.05, 4.69) is 67.8 Å². The Labute approximate surface area is 359 Å². The summed E-state index contributed by atoms with van der Waals surface area (Å²) in [6.07, 6.45) is 51.3. The quantitative estimate of drug-likeness (QED) is 0.0244. The fourth-order valence-corrected chi connectivity index (χ4v) is 7.54. The van der Waals surface area contributed by atoms with Crippen LogP contribution in [0.2, 0.25) is 0 Å². The molecule has 0 aromatic rings. The van der Waals surface area contributed by atoms with Crippen LogP contribution in [0, 0.1) is 0 Å². The Hall–Kier alpha value is -1.54. The van der Waals surface area contributed by atoms with Crippen LogP contribution in [-0.2, 0) is 18.4 Å². The van der Waals surface area contributed by atoms with E-state index < -0.39 is 20.0 Å². The van der Waals surface area contributed by atoms with Gasteiger partial charge in [0.2, 0.25) is 5.91 Å². The van der Waals surface area contributed by atoms with Gasteiger partial charge in [0.05, 0.1) is 39.9 Å². The predicted molar refractivity (Wildman–Crippen MR) is 249 cm³/mol. The number of likely N-dealkylation sites (N-methyl/N-ethyl adjacent to an activating group) is 1. The van der Waals surface area contributed by atoms with E-state index in [0.717, 1.165) is 70.6 Å². The maximum atomic E-state index is 12.9. The second-order valence-corrected chi connectivity index (χ2v) is 18.9. The Morgan fingerprint density at radius 1 is 0.603 bits per heavy atom. The van der Waals surface area contributed by atoms with E-state index in [0.29, 0.717) is 23.9 Å². The zero-order valence-corrected chi connectivity index (χ0v) is 39.4. The van der Waals surface area contributed by atoms with Crippen LogP contribution in [-0.4, -0.2) is 73.4 Å². The Morgan fingerprint density at radius 2 is 1.03 bits per heavy atom. The molecule has 8 nitrogen and oxygen atoms in total. The van der Waals surface area contributed by atoms with Crippen LogP contribution in [0.4, 0.5) is 0 Å². The number of allylic oxidation sites excluding steroid dienone is 8. The maximum absolute atomic E-state index is 12.9. The van der Waals surface area contributed by atoms with Crippen molar-refractivity contribution in [2.75, 3.05) is 40.9 Å². The van der Waals surface area contributed by atoms with Gasteiger partial charge in [0.1, 0.15) is 13.2 Å². The van der Waals surface area contributed by atoms with E-state index in [4.69, 9.17) is 9.05 Å². The number of aliphatic hydroxyl groups excluding tert-OH is 1. The second-order valence-electron chi connectivity index (χ2n) is 17.5. The van der Waals surface area contributed by atoms with Gasteiger partial charge in [-0.05, 0) is 51.4 Å². The average molecular weight is 838 g/mol. The summed E-state index contributed by atoms with van der Waals surface area (Å²) in [4.78, 5) is 23.2. The molecule has 1 amide bonds. The van der Waals surface area contributed by atoms with E-state index >= 15 is 0 Å². The number of quaternary nitrogens is 1. The van der Waals surface area contributed by atoms with Gasteiger partial charge in [-0.25, -0.2) is 4.57 Å². The molecule has 0 aliphatic carbocycles. The monoisotopic (exact) mass is 838 g/mol.